The zero-order valence-corrected chi connectivity index (χ0v) is 20.5. The van der Waals surface area contributed by atoms with Crippen molar-refractivity contribution in [1.82, 2.24) is 0 Å². The fourth-order valence-electron chi connectivity index (χ4n) is 4.37. The largest absolute Gasteiger partial charge is 0.399 e. The van der Waals surface area contributed by atoms with Crippen LogP contribution in [0, 0.1) is 0 Å². The first-order valence-electron chi connectivity index (χ1n) is 10.9. The number of ketones is 2. The van der Waals surface area contributed by atoms with Gasteiger partial charge in [-0.05, 0) is 60.7 Å². The molecule has 2 aliphatic rings. The van der Waals surface area contributed by atoms with E-state index in [1.165, 1.54) is 12.1 Å². The lowest BCUT2D eigenvalue weighted by molar-refractivity contribution is 0.0979. The van der Waals surface area contributed by atoms with Crippen LogP contribution < -0.4 is 22.9 Å². The number of anilines is 4. The van der Waals surface area contributed by atoms with Crippen LogP contribution in [0.1, 0.15) is 54.1 Å². The average Bonchev–Trinajstić information content (AvgIpc) is 2.86. The smallest absolute Gasteiger partial charge is 0.194 e. The Labute approximate surface area is 217 Å². The first-order valence-corrected chi connectivity index (χ1v) is 11.7. The topological polar surface area (TPSA) is 138 Å². The minimum absolute atomic E-state index is 0.188. The summed E-state index contributed by atoms with van der Waals surface area (Å²) in [5.74, 6) is -0.376. The van der Waals surface area contributed by atoms with Gasteiger partial charge in [-0.2, -0.15) is 0 Å². The number of thiocarbonyl (C=S) groups is 2. The highest BCUT2D eigenvalue weighted by Crippen LogP contribution is 2.31. The first-order chi connectivity index (χ1) is 17.2. The number of hydrogen-bond acceptors (Lipinski definition) is 8. The second-order valence-electron chi connectivity index (χ2n) is 8.54. The van der Waals surface area contributed by atoms with Gasteiger partial charge in [0.2, 0.25) is 0 Å². The molecule has 8 N–H and O–H groups in total. The standard InChI is InChI=1S/C14H10N2O2.C14H10N2S2/c2*15-7-1-3-9-11(5-7)14(18)10-4-2-8(16)6-12(10)13(9)17/h2*1-6H,15-16H2. The second-order valence-corrected chi connectivity index (χ2v) is 9.35. The molecule has 8 heteroatoms. The second kappa shape index (κ2) is 8.67. The normalized spacial score (nSPS) is 13.1. The number of carbonyl (C=O) groups is 2. The van der Waals surface area contributed by atoms with Gasteiger partial charge in [0, 0.05) is 67.3 Å². The predicted molar refractivity (Wildman–Crippen MR) is 152 cm³/mol. The number of nitrogens with two attached hydrogens (primary N) is 4. The maximum Gasteiger partial charge on any atom is 0.194 e. The van der Waals surface area contributed by atoms with Crippen LogP contribution in [0.3, 0.4) is 0 Å². The van der Waals surface area contributed by atoms with E-state index in [0.29, 0.717) is 45.0 Å². The lowest BCUT2D eigenvalue weighted by Crippen LogP contribution is -2.21. The van der Waals surface area contributed by atoms with E-state index in [0.717, 1.165) is 32.0 Å². The number of carbonyl (C=O) groups excluding carboxylic acids is 2. The Morgan fingerprint density at radius 2 is 0.667 bits per heavy atom. The predicted octanol–water partition coefficient (Wildman–Crippen LogP) is 4.32. The molecule has 0 saturated carbocycles. The van der Waals surface area contributed by atoms with E-state index in [2.05, 4.69) is 0 Å². The molecule has 6 nitrogen and oxygen atoms in total. The third kappa shape index (κ3) is 3.82. The highest BCUT2D eigenvalue weighted by atomic mass is 32.1. The lowest BCUT2D eigenvalue weighted by atomic mass is 9.83. The van der Waals surface area contributed by atoms with Crippen LogP contribution in [0.5, 0.6) is 0 Å². The molecule has 0 amide bonds. The molecule has 176 valence electrons. The molecule has 0 radical (unpaired) electrons. The highest BCUT2D eigenvalue weighted by Gasteiger charge is 2.29. The molecule has 0 heterocycles. The molecule has 36 heavy (non-hydrogen) atoms. The maximum atomic E-state index is 12.3. The Kier molecular flexibility index (Phi) is 5.62. The summed E-state index contributed by atoms with van der Waals surface area (Å²) in [6, 6.07) is 20.7. The molecule has 4 aromatic carbocycles. The number of hydrogen-bond donors (Lipinski definition) is 4. The van der Waals surface area contributed by atoms with Crippen molar-refractivity contribution < 1.29 is 9.59 Å². The first kappa shape index (κ1) is 23.3. The minimum atomic E-state index is -0.188. The molecule has 0 spiro atoms. The van der Waals surface area contributed by atoms with Crippen molar-refractivity contribution in [3.8, 4) is 0 Å². The SMILES string of the molecule is Nc1ccc2c(c1)C(=O)c1ccc(N)cc1C2=O.Nc1ccc2c(c1)C(=S)c1ccc(N)cc1C2=S. The van der Waals surface area contributed by atoms with Gasteiger partial charge in [0.15, 0.2) is 11.6 Å². The van der Waals surface area contributed by atoms with Gasteiger partial charge in [0.1, 0.15) is 0 Å². The zero-order valence-electron chi connectivity index (χ0n) is 18.9. The van der Waals surface area contributed by atoms with Crippen LogP contribution in [-0.4, -0.2) is 21.3 Å². The molecular formula is C28H20N4O2S2. The van der Waals surface area contributed by atoms with Crippen LogP contribution in [0.4, 0.5) is 22.7 Å². The van der Waals surface area contributed by atoms with Gasteiger partial charge in [-0.1, -0.05) is 36.6 Å². The molecule has 2 aliphatic carbocycles. The number of rotatable bonds is 0. The molecule has 6 rings (SSSR count). The fraction of sp³-hybridized carbons (Fsp3) is 0. The molecule has 0 fully saturated rings. The van der Waals surface area contributed by atoms with Gasteiger partial charge in [-0.15, -0.1) is 0 Å². The van der Waals surface area contributed by atoms with E-state index in [1.807, 2.05) is 36.4 Å². The number of nitrogen functional groups attached to an aromatic ring is 4. The molecule has 0 unspecified atom stereocenters. The number of benzene rings is 4. The summed E-state index contributed by atoms with van der Waals surface area (Å²) in [4.78, 5) is 26.1. The zero-order chi connectivity index (χ0) is 25.7. The molecular weight excluding hydrogens is 488 g/mol. The summed E-state index contributed by atoms with van der Waals surface area (Å²) in [6.07, 6.45) is 0. The van der Waals surface area contributed by atoms with Crippen molar-refractivity contribution in [2.75, 3.05) is 22.9 Å². The van der Waals surface area contributed by atoms with Crippen LogP contribution in [0.25, 0.3) is 0 Å². The summed E-state index contributed by atoms with van der Waals surface area (Å²) < 4.78 is 0. The van der Waals surface area contributed by atoms with Crippen LogP contribution >= 0.6 is 24.4 Å². The summed E-state index contributed by atoms with van der Waals surface area (Å²) >= 11 is 11.0. The van der Waals surface area contributed by atoms with Gasteiger partial charge in [-0.25, -0.2) is 0 Å². The van der Waals surface area contributed by atoms with E-state index in [-0.39, 0.29) is 11.6 Å². The molecule has 4 aromatic rings. The summed E-state index contributed by atoms with van der Waals surface area (Å²) in [6.45, 7) is 0. The van der Waals surface area contributed by atoms with E-state index < -0.39 is 0 Å². The molecule has 0 aromatic heterocycles. The van der Waals surface area contributed by atoms with E-state index in [4.69, 9.17) is 47.4 Å². The van der Waals surface area contributed by atoms with Crippen molar-refractivity contribution in [3.63, 3.8) is 0 Å². The Bertz CT molecular complexity index is 1410. The Morgan fingerprint density at radius 3 is 1.00 bits per heavy atom. The molecule has 0 bridgehead atoms. The van der Waals surface area contributed by atoms with Crippen molar-refractivity contribution in [2.24, 2.45) is 0 Å². The van der Waals surface area contributed by atoms with Crippen LogP contribution in [0.2, 0.25) is 0 Å². The quantitative estimate of drug-likeness (QED) is 0.176. The van der Waals surface area contributed by atoms with Crippen molar-refractivity contribution in [3.05, 3.63) is 117 Å². The van der Waals surface area contributed by atoms with Gasteiger partial charge in [-0.3, -0.25) is 9.59 Å². The van der Waals surface area contributed by atoms with Gasteiger partial charge >= 0.3 is 0 Å². The minimum Gasteiger partial charge on any atom is -0.399 e. The molecule has 0 aliphatic heterocycles. The summed E-state index contributed by atoms with van der Waals surface area (Å²) in [5.41, 5.74) is 30.5. The average molecular weight is 509 g/mol. The Hall–Kier alpha value is -4.40. The van der Waals surface area contributed by atoms with E-state index >= 15 is 0 Å². The summed E-state index contributed by atoms with van der Waals surface area (Å²) in [5, 5.41) is 0. The number of fused-ring (bicyclic) bond motifs is 4. The molecule has 0 saturated heterocycles. The Balaban J connectivity index is 0.000000148. The highest BCUT2D eigenvalue weighted by molar-refractivity contribution is 7.82. The van der Waals surface area contributed by atoms with Gasteiger partial charge in [0.25, 0.3) is 0 Å². The maximum absolute atomic E-state index is 12.3. The van der Waals surface area contributed by atoms with E-state index in [9.17, 15) is 9.59 Å². The van der Waals surface area contributed by atoms with Crippen LogP contribution in [0.15, 0.2) is 72.8 Å². The van der Waals surface area contributed by atoms with Gasteiger partial charge < -0.3 is 22.9 Å². The van der Waals surface area contributed by atoms with Crippen molar-refractivity contribution in [1.29, 1.82) is 0 Å². The van der Waals surface area contributed by atoms with Gasteiger partial charge in [0.05, 0.1) is 9.73 Å². The lowest BCUT2D eigenvalue weighted by Gasteiger charge is -2.22. The third-order valence-electron chi connectivity index (χ3n) is 6.13. The fourth-order valence-corrected chi connectivity index (χ4v) is 5.07. The Morgan fingerprint density at radius 1 is 0.389 bits per heavy atom. The molecule has 0 atom stereocenters. The van der Waals surface area contributed by atoms with E-state index in [1.54, 1.807) is 24.3 Å². The summed E-state index contributed by atoms with van der Waals surface area (Å²) in [7, 11) is 0. The van der Waals surface area contributed by atoms with Crippen LogP contribution in [-0.2, 0) is 0 Å². The van der Waals surface area contributed by atoms with Crippen molar-refractivity contribution >= 4 is 68.5 Å². The van der Waals surface area contributed by atoms with Crippen molar-refractivity contribution in [2.45, 2.75) is 0 Å². The third-order valence-corrected chi connectivity index (χ3v) is 7.01. The monoisotopic (exact) mass is 508 g/mol.